The Morgan fingerprint density at radius 3 is 1.53 bits per heavy atom. The van der Waals surface area contributed by atoms with Gasteiger partial charge in [-0.05, 0) is 0 Å². The molecule has 0 aliphatic carbocycles. The number of halogens is 1. The summed E-state index contributed by atoms with van der Waals surface area (Å²) in [5, 5.41) is 0. The summed E-state index contributed by atoms with van der Waals surface area (Å²) >= 11 is -3.08. The Balaban J connectivity index is 1.80. The molecule has 0 amide bonds. The molecule has 9 nitrogen and oxygen atoms in total. The van der Waals surface area contributed by atoms with Crippen LogP contribution in [0.4, 0.5) is 5.69 Å². The SMILES string of the molecule is Cc1ccc(S(=O)(=O)Oc2ccc(S(=O)(=O)[O-])cc2[N+](=O)OI(c2ccc(C(C)(C)C)cc2)c2ccc(C(C)(C)C)cc2)cc1. The van der Waals surface area contributed by atoms with Crippen LogP contribution in [-0.4, -0.2) is 26.3 Å². The third-order valence-electron chi connectivity index (χ3n) is 6.87. The topological polar surface area (TPSA) is 130 Å². The summed E-state index contributed by atoms with van der Waals surface area (Å²) in [6.07, 6.45) is 0. The summed E-state index contributed by atoms with van der Waals surface area (Å²) in [7, 11) is -9.45. The van der Waals surface area contributed by atoms with Crippen LogP contribution in [0, 0.1) is 19.0 Å². The van der Waals surface area contributed by atoms with Crippen LogP contribution < -0.4 is 4.18 Å². The van der Waals surface area contributed by atoms with E-state index in [1.54, 1.807) is 19.1 Å². The quantitative estimate of drug-likeness (QED) is 0.0732. The molecule has 0 aliphatic rings. The van der Waals surface area contributed by atoms with E-state index in [0.717, 1.165) is 42.0 Å². The van der Waals surface area contributed by atoms with Gasteiger partial charge in [-0.2, -0.15) is 0 Å². The van der Waals surface area contributed by atoms with Crippen molar-refractivity contribution in [2.45, 2.75) is 69.1 Å². The van der Waals surface area contributed by atoms with Gasteiger partial charge < -0.3 is 0 Å². The Hall–Kier alpha value is -3.33. The zero-order chi connectivity index (χ0) is 33.4. The second-order valence-corrected chi connectivity index (χ2v) is 19.8. The molecule has 0 heterocycles. The molecule has 0 fully saturated rings. The Morgan fingerprint density at radius 1 is 0.667 bits per heavy atom. The molecule has 0 aromatic heterocycles. The van der Waals surface area contributed by atoms with Crippen LogP contribution in [0.2, 0.25) is 0 Å². The molecule has 45 heavy (non-hydrogen) atoms. The van der Waals surface area contributed by atoms with Crippen LogP contribution >= 0.6 is 20.2 Å². The monoisotopic (exact) mass is 765 g/mol. The molecule has 0 saturated heterocycles. The molecular weight excluding hydrogens is 729 g/mol. The molecule has 0 atom stereocenters. The predicted octanol–water partition coefficient (Wildman–Crippen LogP) is 7.76. The molecule has 4 rings (SSSR count). The molecule has 0 aliphatic heterocycles. The van der Waals surface area contributed by atoms with Gasteiger partial charge >= 0.3 is 274 Å². The van der Waals surface area contributed by atoms with Gasteiger partial charge in [0, 0.05) is 0 Å². The zero-order valence-electron chi connectivity index (χ0n) is 26.1. The Morgan fingerprint density at radius 2 is 1.11 bits per heavy atom. The van der Waals surface area contributed by atoms with E-state index in [0.29, 0.717) is 0 Å². The van der Waals surface area contributed by atoms with Gasteiger partial charge in [0.25, 0.3) is 0 Å². The van der Waals surface area contributed by atoms with Gasteiger partial charge in [-0.1, -0.05) is 0 Å². The molecule has 4 aromatic rings. The average Bonchev–Trinajstić information content (AvgIpc) is 2.94. The van der Waals surface area contributed by atoms with E-state index in [9.17, 15) is 26.3 Å². The summed E-state index contributed by atoms with van der Waals surface area (Å²) in [4.78, 5) is 12.9. The van der Waals surface area contributed by atoms with Crippen molar-refractivity contribution in [2.75, 3.05) is 0 Å². The van der Waals surface area contributed by atoms with E-state index in [1.165, 1.54) is 12.1 Å². The van der Waals surface area contributed by atoms with Gasteiger partial charge in [-0.3, -0.25) is 0 Å². The second kappa shape index (κ2) is 12.8. The number of benzene rings is 4. The number of rotatable bonds is 9. The van der Waals surface area contributed by atoms with Gasteiger partial charge in [-0.25, -0.2) is 0 Å². The van der Waals surface area contributed by atoms with E-state index in [2.05, 4.69) is 41.5 Å². The van der Waals surface area contributed by atoms with E-state index < -0.39 is 56.8 Å². The Kier molecular flexibility index (Phi) is 9.84. The number of hydrogen-bond acceptors (Lipinski definition) is 8. The van der Waals surface area contributed by atoms with Crippen molar-refractivity contribution in [3.05, 3.63) is 120 Å². The normalized spacial score (nSPS) is 12.8. The van der Waals surface area contributed by atoms with E-state index >= 15 is 0 Å². The third-order valence-corrected chi connectivity index (χ3v) is 13.4. The van der Waals surface area contributed by atoms with E-state index in [4.69, 9.17) is 7.35 Å². The fraction of sp³-hybridized carbons (Fsp3) is 0.273. The molecule has 0 spiro atoms. The van der Waals surface area contributed by atoms with Crippen molar-refractivity contribution in [3.8, 4) is 5.75 Å². The predicted molar refractivity (Wildman–Crippen MR) is 179 cm³/mol. The van der Waals surface area contributed by atoms with Crippen molar-refractivity contribution in [2.24, 2.45) is 0 Å². The fourth-order valence-electron chi connectivity index (χ4n) is 4.17. The molecule has 12 heteroatoms. The standard InChI is InChI=1S/C33H36INO8S2/c1-23-8-18-28(19-9-23)45(40,41)42-31-21-20-29(44(37,38)39)22-30(31)35(36)43-34(26-14-10-24(11-15-26)32(2,3)4)27-16-12-25(13-17-27)33(5,6)7/h8-22H,1-7H3. The van der Waals surface area contributed by atoms with Crippen LogP contribution in [0.5, 0.6) is 5.75 Å². The number of nitrogens with zero attached hydrogens (tertiary/aromatic N) is 1. The van der Waals surface area contributed by atoms with Crippen molar-refractivity contribution < 1.29 is 33.7 Å². The van der Waals surface area contributed by atoms with Crippen LogP contribution in [-0.2, 0) is 34.2 Å². The molecule has 0 bridgehead atoms. The van der Waals surface area contributed by atoms with Crippen molar-refractivity contribution in [1.29, 1.82) is 0 Å². The van der Waals surface area contributed by atoms with Crippen LogP contribution in [0.1, 0.15) is 58.2 Å². The summed E-state index contributed by atoms with van der Waals surface area (Å²) in [6.45, 7) is 14.3. The van der Waals surface area contributed by atoms with Crippen LogP contribution in [0.15, 0.2) is 101 Å². The summed E-state index contributed by atoms with van der Waals surface area (Å²) in [5.41, 5.74) is 2.17. The fourth-order valence-corrected chi connectivity index (χ4v) is 9.37. The van der Waals surface area contributed by atoms with Crippen LogP contribution in [0.25, 0.3) is 0 Å². The molecule has 0 saturated carbocycles. The van der Waals surface area contributed by atoms with Gasteiger partial charge in [-0.15, -0.1) is 0 Å². The average molecular weight is 766 g/mol. The van der Waals surface area contributed by atoms with Gasteiger partial charge in [0.1, 0.15) is 0 Å². The molecule has 0 radical (unpaired) electrons. The summed E-state index contributed by atoms with van der Waals surface area (Å²) < 4.78 is 74.8. The number of hydrogen-bond donors (Lipinski definition) is 0. The van der Waals surface area contributed by atoms with Crippen LogP contribution in [0.3, 0.4) is 0 Å². The molecule has 240 valence electrons. The van der Waals surface area contributed by atoms with Crippen molar-refractivity contribution in [1.82, 2.24) is 0 Å². The van der Waals surface area contributed by atoms with Crippen molar-refractivity contribution >= 4 is 46.2 Å². The summed E-state index contributed by atoms with van der Waals surface area (Å²) in [6, 6.07) is 23.9. The second-order valence-electron chi connectivity index (χ2n) is 12.5. The minimum absolute atomic E-state index is 0.0505. The number of aryl methyl sites for hydroxylation is 1. The molecule has 0 N–H and O–H groups in total. The first-order valence-electron chi connectivity index (χ1n) is 13.9. The maximum atomic E-state index is 13.8. The first-order chi connectivity index (χ1) is 20.8. The molecular formula is C33H36INO8S2. The first-order valence-corrected chi connectivity index (χ1v) is 19.8. The molecule has 4 aromatic carbocycles. The third kappa shape index (κ3) is 8.48. The minimum atomic E-state index is -5.01. The first kappa shape index (κ1) is 34.5. The zero-order valence-corrected chi connectivity index (χ0v) is 29.9. The Labute approximate surface area is 272 Å². The summed E-state index contributed by atoms with van der Waals surface area (Å²) in [5.74, 6) is -0.500. The van der Waals surface area contributed by atoms with E-state index in [1.807, 2.05) is 48.5 Å². The van der Waals surface area contributed by atoms with Gasteiger partial charge in [0.2, 0.25) is 0 Å². The molecule has 0 unspecified atom stereocenters. The maximum absolute atomic E-state index is 13.8. The Bertz CT molecular complexity index is 1850. The van der Waals surface area contributed by atoms with Gasteiger partial charge in [0.15, 0.2) is 0 Å². The van der Waals surface area contributed by atoms with Crippen molar-refractivity contribution in [3.63, 3.8) is 0 Å². The van der Waals surface area contributed by atoms with E-state index in [-0.39, 0.29) is 20.6 Å². The van der Waals surface area contributed by atoms with Gasteiger partial charge in [0.05, 0.1) is 0 Å².